The Hall–Kier alpha value is -3.97. The average molecular weight is 468 g/mol. The number of aryl methyl sites for hydroxylation is 1. The number of piperazine rings is 1. The lowest BCUT2D eigenvalue weighted by atomic mass is 9.96. The maximum Gasteiger partial charge on any atom is 0.406 e. The van der Waals surface area contributed by atoms with Crippen molar-refractivity contribution in [3.8, 4) is 0 Å². The van der Waals surface area contributed by atoms with Crippen LogP contribution in [-0.4, -0.2) is 45.6 Å². The van der Waals surface area contributed by atoms with Crippen molar-refractivity contribution in [3.63, 3.8) is 0 Å². The lowest BCUT2D eigenvalue weighted by molar-refractivity contribution is -0.388. The molecule has 0 aliphatic carbocycles. The zero-order valence-corrected chi connectivity index (χ0v) is 19.8. The topological polar surface area (TPSA) is 67.4 Å². The summed E-state index contributed by atoms with van der Waals surface area (Å²) in [4.78, 5) is 20.5. The van der Waals surface area contributed by atoms with Gasteiger partial charge >= 0.3 is 5.82 Å². The molecule has 7 heteroatoms. The van der Waals surface area contributed by atoms with Gasteiger partial charge in [-0.05, 0) is 26.6 Å². The van der Waals surface area contributed by atoms with Gasteiger partial charge in [0, 0.05) is 33.1 Å². The Morgan fingerprint density at radius 2 is 1.34 bits per heavy atom. The van der Waals surface area contributed by atoms with Crippen LogP contribution in [0.3, 0.4) is 0 Å². The summed E-state index contributed by atoms with van der Waals surface area (Å²) in [5.41, 5.74) is 3.60. The molecule has 0 spiro atoms. The normalized spacial score (nSPS) is 14.4. The molecule has 35 heavy (non-hydrogen) atoms. The maximum absolute atomic E-state index is 11.9. The van der Waals surface area contributed by atoms with Gasteiger partial charge in [-0.15, -0.1) is 0 Å². The van der Waals surface area contributed by atoms with Gasteiger partial charge in [-0.2, -0.15) is 0 Å². The smallest absolute Gasteiger partial charge is 0.358 e. The first-order valence-corrected chi connectivity index (χ1v) is 12.0. The molecule has 1 aliphatic heterocycles. The Bertz CT molecular complexity index is 1230. The highest BCUT2D eigenvalue weighted by Gasteiger charge is 2.33. The monoisotopic (exact) mass is 467 g/mol. The molecule has 2 heterocycles. The first-order chi connectivity index (χ1) is 17.1. The van der Waals surface area contributed by atoms with E-state index in [9.17, 15) is 10.1 Å². The van der Waals surface area contributed by atoms with Crippen LogP contribution in [0.15, 0.2) is 91.0 Å². The standard InChI is InChI=1S/C28H29N5O2/c1-22-29-27(33(34)35)28(32(22)21-23-11-5-2-6-12-23)31-19-17-30(18-20-31)26(24-13-7-3-8-14-24)25-15-9-4-10-16-25/h2-16,26H,17-21H2,1H3. The minimum Gasteiger partial charge on any atom is -0.358 e. The van der Waals surface area contributed by atoms with Crippen molar-refractivity contribution in [2.75, 3.05) is 31.1 Å². The van der Waals surface area contributed by atoms with Crippen LogP contribution in [0.25, 0.3) is 0 Å². The van der Waals surface area contributed by atoms with E-state index in [0.29, 0.717) is 31.3 Å². The van der Waals surface area contributed by atoms with E-state index in [0.717, 1.165) is 18.7 Å². The minimum atomic E-state index is -0.354. The fraction of sp³-hybridized carbons (Fsp3) is 0.250. The zero-order valence-electron chi connectivity index (χ0n) is 19.8. The zero-order chi connectivity index (χ0) is 24.2. The van der Waals surface area contributed by atoms with Crippen LogP contribution < -0.4 is 4.90 Å². The summed E-state index contributed by atoms with van der Waals surface area (Å²) in [6.45, 7) is 5.37. The van der Waals surface area contributed by atoms with E-state index in [1.165, 1.54) is 11.1 Å². The predicted octanol–water partition coefficient (Wildman–Crippen LogP) is 5.06. The van der Waals surface area contributed by atoms with Crippen LogP contribution in [0, 0.1) is 17.0 Å². The van der Waals surface area contributed by atoms with Gasteiger partial charge in [0.05, 0.1) is 12.6 Å². The second-order valence-electron chi connectivity index (χ2n) is 8.88. The number of nitrogens with zero attached hydrogens (tertiary/aromatic N) is 5. The molecule has 7 nitrogen and oxygen atoms in total. The Balaban J connectivity index is 1.42. The summed E-state index contributed by atoms with van der Waals surface area (Å²) in [5, 5.41) is 11.9. The molecule has 178 valence electrons. The summed E-state index contributed by atoms with van der Waals surface area (Å²) in [6.07, 6.45) is 0. The van der Waals surface area contributed by atoms with Gasteiger partial charge in [-0.1, -0.05) is 91.0 Å². The largest absolute Gasteiger partial charge is 0.406 e. The fourth-order valence-corrected chi connectivity index (χ4v) is 5.00. The number of aromatic nitrogens is 2. The molecule has 0 atom stereocenters. The molecule has 0 amide bonds. The molecule has 1 saturated heterocycles. The minimum absolute atomic E-state index is 0.0606. The fourth-order valence-electron chi connectivity index (χ4n) is 5.00. The summed E-state index contributed by atoms with van der Waals surface area (Å²) in [5.74, 6) is 1.20. The van der Waals surface area contributed by atoms with Crippen LogP contribution in [0.5, 0.6) is 0 Å². The van der Waals surface area contributed by atoms with E-state index < -0.39 is 0 Å². The summed E-state index contributed by atoms with van der Waals surface area (Å²) >= 11 is 0. The van der Waals surface area contributed by atoms with Gasteiger partial charge in [0.2, 0.25) is 11.6 Å². The van der Waals surface area contributed by atoms with Crippen molar-refractivity contribution in [1.82, 2.24) is 14.5 Å². The Morgan fingerprint density at radius 1 is 0.829 bits per heavy atom. The van der Waals surface area contributed by atoms with Crippen molar-refractivity contribution in [2.24, 2.45) is 0 Å². The Morgan fingerprint density at radius 3 is 1.86 bits per heavy atom. The van der Waals surface area contributed by atoms with Gasteiger partial charge < -0.3 is 15.0 Å². The van der Waals surface area contributed by atoms with Crippen LogP contribution in [0.4, 0.5) is 11.6 Å². The van der Waals surface area contributed by atoms with Gasteiger partial charge in [-0.3, -0.25) is 9.47 Å². The Kier molecular flexibility index (Phi) is 6.59. The molecule has 0 saturated carbocycles. The third kappa shape index (κ3) is 4.81. The van der Waals surface area contributed by atoms with Crippen molar-refractivity contribution in [1.29, 1.82) is 0 Å². The van der Waals surface area contributed by atoms with Gasteiger partial charge in [0.1, 0.15) is 0 Å². The Labute approximate surface area is 205 Å². The number of imidazole rings is 1. The number of hydrogen-bond donors (Lipinski definition) is 0. The second-order valence-corrected chi connectivity index (χ2v) is 8.88. The van der Waals surface area contributed by atoms with E-state index in [1.54, 1.807) is 0 Å². The predicted molar refractivity (Wildman–Crippen MR) is 138 cm³/mol. The molecule has 0 N–H and O–H groups in total. The van der Waals surface area contributed by atoms with Crippen molar-refractivity contribution < 1.29 is 4.92 Å². The van der Waals surface area contributed by atoms with Crippen LogP contribution in [-0.2, 0) is 6.54 Å². The number of nitro groups is 1. The van der Waals surface area contributed by atoms with E-state index in [1.807, 2.05) is 54.0 Å². The first kappa shape index (κ1) is 22.8. The van der Waals surface area contributed by atoms with Crippen LogP contribution in [0.1, 0.15) is 28.6 Å². The summed E-state index contributed by atoms with van der Waals surface area (Å²) < 4.78 is 1.98. The van der Waals surface area contributed by atoms with Crippen LogP contribution in [0.2, 0.25) is 0 Å². The van der Waals surface area contributed by atoms with E-state index in [-0.39, 0.29) is 16.8 Å². The molecule has 3 aromatic carbocycles. The molecule has 5 rings (SSSR count). The summed E-state index contributed by atoms with van der Waals surface area (Å²) in [6, 6.07) is 31.3. The highest BCUT2D eigenvalue weighted by atomic mass is 16.6. The highest BCUT2D eigenvalue weighted by Crippen LogP contribution is 2.34. The molecule has 0 unspecified atom stereocenters. The summed E-state index contributed by atoms with van der Waals surface area (Å²) in [7, 11) is 0. The number of hydrogen-bond acceptors (Lipinski definition) is 5. The number of rotatable bonds is 7. The first-order valence-electron chi connectivity index (χ1n) is 12.0. The highest BCUT2D eigenvalue weighted by molar-refractivity contribution is 5.57. The third-order valence-electron chi connectivity index (χ3n) is 6.68. The molecule has 1 aromatic heterocycles. The molecule has 1 aliphatic rings. The molecule has 0 bridgehead atoms. The second kappa shape index (κ2) is 10.1. The SMILES string of the molecule is Cc1nc([N+](=O)[O-])c(N2CCN(C(c3ccccc3)c3ccccc3)CC2)n1Cc1ccccc1. The number of anilines is 1. The molecule has 0 radical (unpaired) electrons. The van der Waals surface area contributed by atoms with Gasteiger partial charge in [0.15, 0.2) is 0 Å². The van der Waals surface area contributed by atoms with E-state index >= 15 is 0 Å². The quantitative estimate of drug-likeness (QED) is 0.281. The maximum atomic E-state index is 11.9. The third-order valence-corrected chi connectivity index (χ3v) is 6.68. The molecule has 4 aromatic rings. The lowest BCUT2D eigenvalue weighted by Crippen LogP contribution is -2.48. The molecule has 1 fully saturated rings. The van der Waals surface area contributed by atoms with Crippen molar-refractivity contribution in [2.45, 2.75) is 19.5 Å². The van der Waals surface area contributed by atoms with Crippen LogP contribution >= 0.6 is 0 Å². The van der Waals surface area contributed by atoms with Gasteiger partial charge in [0.25, 0.3) is 0 Å². The molecular weight excluding hydrogens is 438 g/mol. The van der Waals surface area contributed by atoms with Gasteiger partial charge in [-0.25, -0.2) is 0 Å². The van der Waals surface area contributed by atoms with E-state index in [2.05, 4.69) is 63.3 Å². The van der Waals surface area contributed by atoms with E-state index in [4.69, 9.17) is 0 Å². The average Bonchev–Trinajstić information content (AvgIpc) is 3.23. The van der Waals surface area contributed by atoms with Crippen molar-refractivity contribution in [3.05, 3.63) is 124 Å². The lowest BCUT2D eigenvalue weighted by Gasteiger charge is -2.40. The number of benzene rings is 3. The van der Waals surface area contributed by atoms with Crippen molar-refractivity contribution >= 4 is 11.6 Å². The molecular formula is C28H29N5O2.